The van der Waals surface area contributed by atoms with E-state index in [2.05, 4.69) is 19.7 Å². The third-order valence-electron chi connectivity index (χ3n) is 2.53. The summed E-state index contributed by atoms with van der Waals surface area (Å²) in [4.78, 5) is 2.04. The van der Waals surface area contributed by atoms with Crippen molar-refractivity contribution in [3.8, 4) is 0 Å². The molecule has 0 rings (SSSR count). The van der Waals surface area contributed by atoms with E-state index >= 15 is 0 Å². The van der Waals surface area contributed by atoms with Crippen molar-refractivity contribution in [3.63, 3.8) is 0 Å². The summed E-state index contributed by atoms with van der Waals surface area (Å²) in [7, 11) is 0. The molecule has 0 aromatic carbocycles. The zero-order valence-corrected chi connectivity index (χ0v) is 12.8. The number of hydrogen-bond donors (Lipinski definition) is 0. The maximum absolute atomic E-state index is 4.14. The average Bonchev–Trinajstić information content (AvgIpc) is 2.45. The molecule has 0 bridgehead atoms. The number of hydrogen-bond acceptors (Lipinski definition) is 1. The fourth-order valence-corrected chi connectivity index (χ4v) is 1.66. The summed E-state index contributed by atoms with van der Waals surface area (Å²) >= 11 is 0. The van der Waals surface area contributed by atoms with Crippen LogP contribution < -0.4 is 0 Å². The summed E-state index contributed by atoms with van der Waals surface area (Å²) < 4.78 is 0. The van der Waals surface area contributed by atoms with E-state index in [4.69, 9.17) is 0 Å². The summed E-state index contributed by atoms with van der Waals surface area (Å²) in [6.45, 7) is 17.7. The third-order valence-corrected chi connectivity index (χ3v) is 2.53. The van der Waals surface area contributed by atoms with Crippen molar-refractivity contribution in [1.29, 1.82) is 0 Å². The van der Waals surface area contributed by atoms with Crippen LogP contribution in [0.1, 0.15) is 20.8 Å². The van der Waals surface area contributed by atoms with Gasteiger partial charge in [-0.2, -0.15) is 0 Å². The van der Waals surface area contributed by atoms with E-state index in [0.717, 1.165) is 17.1 Å². The van der Waals surface area contributed by atoms with Gasteiger partial charge in [-0.25, -0.2) is 0 Å². The van der Waals surface area contributed by atoms with Gasteiger partial charge >= 0.3 is 0 Å². The van der Waals surface area contributed by atoms with Crippen LogP contribution in [0.5, 0.6) is 0 Å². The van der Waals surface area contributed by atoms with Crippen LogP contribution in [0.2, 0.25) is 0 Å². The molecule has 106 valence electrons. The van der Waals surface area contributed by atoms with Crippen molar-refractivity contribution in [3.05, 3.63) is 97.6 Å². The van der Waals surface area contributed by atoms with Crippen LogP contribution in [0.15, 0.2) is 97.6 Å². The Kier molecular flexibility index (Phi) is 9.41. The van der Waals surface area contributed by atoms with Gasteiger partial charge in [0.05, 0.1) is 0 Å². The van der Waals surface area contributed by atoms with E-state index < -0.39 is 0 Å². The first-order valence-corrected chi connectivity index (χ1v) is 6.68. The van der Waals surface area contributed by atoms with Crippen LogP contribution in [-0.2, 0) is 0 Å². The summed E-state index contributed by atoms with van der Waals surface area (Å²) in [5, 5.41) is 0. The molecular weight excluding hydrogens is 242 g/mol. The Hall–Kier alpha value is -2.28. The van der Waals surface area contributed by atoms with Gasteiger partial charge in [-0.05, 0) is 45.1 Å². The predicted molar refractivity (Wildman–Crippen MR) is 92.0 cm³/mol. The van der Waals surface area contributed by atoms with Crippen LogP contribution in [0.4, 0.5) is 0 Å². The largest absolute Gasteiger partial charge is 0.311 e. The minimum absolute atomic E-state index is 0.863. The molecule has 0 saturated heterocycles. The molecule has 0 atom stereocenters. The zero-order chi connectivity index (χ0) is 15.4. The lowest BCUT2D eigenvalue weighted by Crippen LogP contribution is -2.18. The van der Waals surface area contributed by atoms with E-state index in [1.54, 1.807) is 12.2 Å². The molecule has 0 radical (unpaired) electrons. The van der Waals surface area contributed by atoms with Gasteiger partial charge in [-0.1, -0.05) is 56.2 Å². The molecule has 1 nitrogen and oxygen atoms in total. The van der Waals surface area contributed by atoms with E-state index in [-0.39, 0.29) is 0 Å². The molecule has 1 heteroatoms. The fourth-order valence-electron chi connectivity index (χ4n) is 1.66. The topological polar surface area (TPSA) is 3.24 Å². The van der Waals surface area contributed by atoms with Gasteiger partial charge in [0.15, 0.2) is 0 Å². The van der Waals surface area contributed by atoms with Gasteiger partial charge in [0.1, 0.15) is 0 Å². The molecule has 0 aliphatic heterocycles. The quantitative estimate of drug-likeness (QED) is 0.512. The molecule has 20 heavy (non-hydrogen) atoms. The minimum Gasteiger partial charge on any atom is -0.311 e. The Bertz CT molecular complexity index is 482. The molecule has 0 aromatic heterocycles. The van der Waals surface area contributed by atoms with Crippen LogP contribution in [0.25, 0.3) is 0 Å². The lowest BCUT2D eigenvalue weighted by Gasteiger charge is -2.27. The van der Waals surface area contributed by atoms with Gasteiger partial charge in [-0.3, -0.25) is 0 Å². The molecule has 0 amide bonds. The number of nitrogens with zero attached hydrogens (tertiary/aromatic N) is 1. The molecule has 0 spiro atoms. The van der Waals surface area contributed by atoms with E-state index in [1.165, 1.54) is 0 Å². The van der Waals surface area contributed by atoms with Crippen molar-refractivity contribution in [1.82, 2.24) is 4.90 Å². The molecule has 0 heterocycles. The van der Waals surface area contributed by atoms with E-state index in [1.807, 2.05) is 74.3 Å². The Labute approximate surface area is 124 Å². The first-order valence-electron chi connectivity index (χ1n) is 6.68. The first kappa shape index (κ1) is 17.7. The SMILES string of the molecule is C=C/C=C(\C=C)N(C(=C)/C=C\C=C/C)C(/C=C\C)=C/C. The standard InChI is InChI=1S/C19H25N/c1-7-12-13-16-17(6)20(18(10-4)14-8-2)19(11-5)15-9-3/h7-16H,2,4,6H2,1,3,5H3/b12-7-,15-9-,16-13-,18-14+,19-11+. The van der Waals surface area contributed by atoms with Gasteiger partial charge < -0.3 is 4.90 Å². The first-order chi connectivity index (χ1) is 9.65. The predicted octanol–water partition coefficient (Wildman–Crippen LogP) is 5.67. The lowest BCUT2D eigenvalue weighted by atomic mass is 10.2. The van der Waals surface area contributed by atoms with Gasteiger partial charge in [0.2, 0.25) is 0 Å². The number of allylic oxidation sites excluding steroid dienone is 10. The van der Waals surface area contributed by atoms with Gasteiger partial charge in [0.25, 0.3) is 0 Å². The zero-order valence-electron chi connectivity index (χ0n) is 12.8. The molecule has 0 aliphatic rings. The van der Waals surface area contributed by atoms with Crippen molar-refractivity contribution < 1.29 is 0 Å². The molecular formula is C19H25N. The fraction of sp³-hybridized carbons (Fsp3) is 0.158. The second-order valence-electron chi connectivity index (χ2n) is 3.96. The highest BCUT2D eigenvalue weighted by Gasteiger charge is 2.11. The summed E-state index contributed by atoms with van der Waals surface area (Å²) in [5.41, 5.74) is 2.83. The summed E-state index contributed by atoms with van der Waals surface area (Å²) in [6, 6.07) is 0. The summed E-state index contributed by atoms with van der Waals surface area (Å²) in [6.07, 6.45) is 19.4. The smallest absolute Gasteiger partial charge is 0.0455 e. The normalized spacial score (nSPS) is 13.3. The Morgan fingerprint density at radius 2 is 1.60 bits per heavy atom. The molecule has 0 aliphatic carbocycles. The van der Waals surface area contributed by atoms with Crippen LogP contribution >= 0.6 is 0 Å². The van der Waals surface area contributed by atoms with Crippen LogP contribution in [0, 0.1) is 0 Å². The maximum atomic E-state index is 4.14. The molecule has 0 N–H and O–H groups in total. The second-order valence-corrected chi connectivity index (χ2v) is 3.96. The average molecular weight is 267 g/mol. The van der Waals surface area contributed by atoms with Gasteiger partial charge in [0, 0.05) is 17.1 Å². The van der Waals surface area contributed by atoms with Crippen molar-refractivity contribution in [2.24, 2.45) is 0 Å². The van der Waals surface area contributed by atoms with Crippen molar-refractivity contribution in [2.75, 3.05) is 0 Å². The second kappa shape index (κ2) is 10.6. The molecule has 0 unspecified atom stereocenters. The van der Waals surface area contributed by atoms with E-state index in [0.29, 0.717) is 0 Å². The minimum atomic E-state index is 0.863. The summed E-state index contributed by atoms with van der Waals surface area (Å²) in [5.74, 6) is 0. The van der Waals surface area contributed by atoms with Crippen molar-refractivity contribution >= 4 is 0 Å². The van der Waals surface area contributed by atoms with Crippen LogP contribution in [0.3, 0.4) is 0 Å². The highest BCUT2D eigenvalue weighted by Crippen LogP contribution is 2.22. The van der Waals surface area contributed by atoms with Crippen LogP contribution in [-0.4, -0.2) is 4.90 Å². The Morgan fingerprint density at radius 3 is 2.05 bits per heavy atom. The molecule has 0 saturated carbocycles. The molecule has 0 fully saturated rings. The highest BCUT2D eigenvalue weighted by atomic mass is 15.2. The Balaban J connectivity index is 5.68. The van der Waals surface area contributed by atoms with E-state index in [9.17, 15) is 0 Å². The third kappa shape index (κ3) is 5.57. The van der Waals surface area contributed by atoms with Gasteiger partial charge in [-0.15, -0.1) is 0 Å². The number of rotatable bonds is 8. The highest BCUT2D eigenvalue weighted by molar-refractivity contribution is 5.38. The molecule has 0 aromatic rings. The lowest BCUT2D eigenvalue weighted by molar-refractivity contribution is 0.579. The maximum Gasteiger partial charge on any atom is 0.0455 e. The monoisotopic (exact) mass is 267 g/mol. The Morgan fingerprint density at radius 1 is 0.900 bits per heavy atom. The van der Waals surface area contributed by atoms with Crippen molar-refractivity contribution in [2.45, 2.75) is 20.8 Å².